The fourth-order valence-electron chi connectivity index (χ4n) is 3.48. The summed E-state index contributed by atoms with van der Waals surface area (Å²) in [6.45, 7) is 4.12. The second-order valence-corrected chi connectivity index (χ2v) is 11.8. The molecular formula is C18H22N4O4S3. The number of benzene rings is 1. The fourth-order valence-corrected chi connectivity index (χ4v) is 7.32. The maximum Gasteiger partial charge on any atom is 0.286 e. The molecule has 0 radical (unpaired) electrons. The highest BCUT2D eigenvalue weighted by molar-refractivity contribution is 7.91. The van der Waals surface area contributed by atoms with Gasteiger partial charge in [-0.2, -0.15) is 12.7 Å². The Morgan fingerprint density at radius 3 is 2.76 bits per heavy atom. The van der Waals surface area contributed by atoms with Crippen LogP contribution < -0.4 is 5.32 Å². The van der Waals surface area contributed by atoms with Crippen LogP contribution in [0.1, 0.15) is 12.0 Å². The van der Waals surface area contributed by atoms with E-state index >= 15 is 0 Å². The third kappa shape index (κ3) is 4.24. The highest BCUT2D eigenvalue weighted by atomic mass is 32.2. The molecule has 0 spiro atoms. The smallest absolute Gasteiger partial charge is 0.286 e. The number of hydrogen-bond donors (Lipinski definition) is 1. The lowest BCUT2D eigenvalue weighted by Crippen LogP contribution is -2.39. The molecule has 29 heavy (non-hydrogen) atoms. The molecule has 1 aromatic carbocycles. The predicted molar refractivity (Wildman–Crippen MR) is 114 cm³/mol. The van der Waals surface area contributed by atoms with E-state index in [-0.39, 0.29) is 4.90 Å². The number of nitrogens with one attached hydrogen (secondary N) is 1. The molecule has 0 unspecified atom stereocenters. The minimum Gasteiger partial charge on any atom is -0.341 e. The van der Waals surface area contributed by atoms with Crippen LogP contribution in [0.25, 0.3) is 0 Å². The van der Waals surface area contributed by atoms with Crippen molar-refractivity contribution in [2.24, 2.45) is 4.40 Å². The van der Waals surface area contributed by atoms with Gasteiger partial charge in [-0.3, -0.25) is 4.90 Å². The van der Waals surface area contributed by atoms with E-state index < -0.39 is 20.0 Å². The Bertz CT molecular complexity index is 1140. The molecule has 0 saturated carbocycles. The summed E-state index contributed by atoms with van der Waals surface area (Å²) in [5.74, 6) is 0.357. The van der Waals surface area contributed by atoms with E-state index in [1.54, 1.807) is 29.6 Å². The molecule has 8 nitrogen and oxygen atoms in total. The van der Waals surface area contributed by atoms with E-state index in [2.05, 4.69) is 9.71 Å². The minimum atomic E-state index is -3.74. The van der Waals surface area contributed by atoms with E-state index in [4.69, 9.17) is 0 Å². The fraction of sp³-hybridized carbons (Fsp3) is 0.389. The SMILES string of the molecule is Cc1ccc2c(c1)S(=O)(=O)N=C(CN1CCCN(S(=O)(=O)c3cccs3)CC1)N2. The van der Waals surface area contributed by atoms with Gasteiger partial charge in [0.25, 0.3) is 20.0 Å². The molecule has 11 heteroatoms. The van der Waals surface area contributed by atoms with Gasteiger partial charge in [-0.1, -0.05) is 12.1 Å². The Labute approximate surface area is 175 Å². The van der Waals surface area contributed by atoms with Crippen molar-refractivity contribution in [1.82, 2.24) is 9.21 Å². The van der Waals surface area contributed by atoms with Crippen molar-refractivity contribution < 1.29 is 16.8 Å². The third-order valence-corrected chi connectivity index (χ3v) is 9.56. The van der Waals surface area contributed by atoms with E-state index in [0.29, 0.717) is 54.9 Å². The predicted octanol–water partition coefficient (Wildman–Crippen LogP) is 1.97. The molecule has 1 N–H and O–H groups in total. The summed E-state index contributed by atoms with van der Waals surface area (Å²) >= 11 is 1.21. The average molecular weight is 455 g/mol. The Morgan fingerprint density at radius 1 is 1.17 bits per heavy atom. The maximum absolute atomic E-state index is 12.8. The van der Waals surface area contributed by atoms with E-state index in [9.17, 15) is 16.8 Å². The Hall–Kier alpha value is -1.79. The summed E-state index contributed by atoms with van der Waals surface area (Å²) in [6.07, 6.45) is 0.667. The molecule has 0 aliphatic carbocycles. The Morgan fingerprint density at radius 2 is 2.00 bits per heavy atom. The van der Waals surface area contributed by atoms with Crippen molar-refractivity contribution in [2.45, 2.75) is 22.4 Å². The topological polar surface area (TPSA) is 99.2 Å². The molecule has 1 fully saturated rings. The van der Waals surface area contributed by atoms with E-state index in [0.717, 1.165) is 5.56 Å². The average Bonchev–Trinajstić information content (AvgIpc) is 3.10. The number of thiophene rings is 1. The van der Waals surface area contributed by atoms with Gasteiger partial charge in [0.1, 0.15) is 14.9 Å². The van der Waals surface area contributed by atoms with Gasteiger partial charge >= 0.3 is 0 Å². The zero-order chi connectivity index (χ0) is 20.6. The van der Waals surface area contributed by atoms with Gasteiger partial charge in [-0.15, -0.1) is 15.7 Å². The summed E-state index contributed by atoms with van der Waals surface area (Å²) in [5.41, 5.74) is 1.38. The normalized spacial score (nSPS) is 20.4. The van der Waals surface area contributed by atoms with Gasteiger partial charge in [-0.25, -0.2) is 8.42 Å². The molecule has 0 bridgehead atoms. The number of rotatable bonds is 4. The van der Waals surface area contributed by atoms with Crippen molar-refractivity contribution in [2.75, 3.05) is 38.0 Å². The van der Waals surface area contributed by atoms with Crippen molar-refractivity contribution in [3.05, 3.63) is 41.3 Å². The first kappa shape index (κ1) is 20.5. The van der Waals surface area contributed by atoms with Crippen molar-refractivity contribution >= 4 is 42.9 Å². The molecule has 1 saturated heterocycles. The van der Waals surface area contributed by atoms with Crippen LogP contribution in [0.15, 0.2) is 49.2 Å². The number of fused-ring (bicyclic) bond motifs is 1. The van der Waals surface area contributed by atoms with Gasteiger partial charge < -0.3 is 5.32 Å². The number of anilines is 1. The summed E-state index contributed by atoms with van der Waals surface area (Å²) in [4.78, 5) is 2.22. The van der Waals surface area contributed by atoms with Crippen LogP contribution in [0.2, 0.25) is 0 Å². The Balaban J connectivity index is 1.46. The highest BCUT2D eigenvalue weighted by Crippen LogP contribution is 2.28. The van der Waals surface area contributed by atoms with E-state index in [1.165, 1.54) is 15.6 Å². The number of hydrogen-bond acceptors (Lipinski definition) is 7. The van der Waals surface area contributed by atoms with Crippen LogP contribution in [0.5, 0.6) is 0 Å². The second-order valence-electron chi connectivity index (χ2n) is 7.10. The first-order valence-corrected chi connectivity index (χ1v) is 13.0. The highest BCUT2D eigenvalue weighted by Gasteiger charge is 2.29. The van der Waals surface area contributed by atoms with Gasteiger partial charge in [0.2, 0.25) is 0 Å². The lowest BCUT2D eigenvalue weighted by atomic mass is 10.2. The minimum absolute atomic E-state index is 0.185. The van der Waals surface area contributed by atoms with Crippen LogP contribution in [-0.4, -0.2) is 64.6 Å². The zero-order valence-electron chi connectivity index (χ0n) is 15.9. The van der Waals surface area contributed by atoms with Crippen LogP contribution in [-0.2, 0) is 20.0 Å². The van der Waals surface area contributed by atoms with Gasteiger partial charge in [0.15, 0.2) is 0 Å². The summed E-state index contributed by atoms with van der Waals surface area (Å²) in [6, 6.07) is 8.55. The summed E-state index contributed by atoms with van der Waals surface area (Å²) in [7, 11) is -7.22. The van der Waals surface area contributed by atoms with E-state index in [1.807, 2.05) is 17.9 Å². The van der Waals surface area contributed by atoms with Gasteiger partial charge in [0, 0.05) is 19.6 Å². The van der Waals surface area contributed by atoms with Crippen LogP contribution >= 0.6 is 11.3 Å². The van der Waals surface area contributed by atoms with Crippen LogP contribution in [0.3, 0.4) is 0 Å². The van der Waals surface area contributed by atoms with Gasteiger partial charge in [-0.05, 0) is 49.0 Å². The number of sulfonamides is 2. The number of aryl methyl sites for hydroxylation is 1. The third-order valence-electron chi connectivity index (χ3n) is 4.93. The van der Waals surface area contributed by atoms with Crippen molar-refractivity contribution in [1.29, 1.82) is 0 Å². The maximum atomic E-state index is 12.8. The quantitative estimate of drug-likeness (QED) is 0.758. The first-order valence-electron chi connectivity index (χ1n) is 9.23. The molecule has 2 aliphatic heterocycles. The lowest BCUT2D eigenvalue weighted by molar-refractivity contribution is 0.324. The summed E-state index contributed by atoms with van der Waals surface area (Å²) in [5, 5.41) is 4.86. The van der Waals surface area contributed by atoms with Gasteiger partial charge in [0.05, 0.1) is 12.2 Å². The molecule has 2 aliphatic rings. The largest absolute Gasteiger partial charge is 0.341 e. The lowest BCUT2D eigenvalue weighted by Gasteiger charge is -2.24. The first-order chi connectivity index (χ1) is 13.8. The molecule has 0 amide bonds. The molecule has 156 valence electrons. The van der Waals surface area contributed by atoms with Crippen LogP contribution in [0, 0.1) is 6.92 Å². The molecule has 1 aromatic heterocycles. The monoisotopic (exact) mass is 454 g/mol. The molecule has 3 heterocycles. The number of amidine groups is 1. The number of nitrogens with zero attached hydrogens (tertiary/aromatic N) is 3. The zero-order valence-corrected chi connectivity index (χ0v) is 18.4. The second kappa shape index (κ2) is 7.80. The van der Waals surface area contributed by atoms with Crippen LogP contribution in [0.4, 0.5) is 5.69 Å². The van der Waals surface area contributed by atoms with Crippen molar-refractivity contribution in [3.63, 3.8) is 0 Å². The Kier molecular flexibility index (Phi) is 5.51. The standard InChI is InChI=1S/C18H22N4O4S3/c1-14-5-6-15-16(12-14)28(23,24)20-17(19-15)13-21-7-3-8-22(10-9-21)29(25,26)18-4-2-11-27-18/h2,4-6,11-12H,3,7-10,13H2,1H3,(H,19,20). The van der Waals surface area contributed by atoms with Crippen molar-refractivity contribution in [3.8, 4) is 0 Å². The molecule has 0 atom stereocenters. The summed E-state index contributed by atoms with van der Waals surface area (Å²) < 4.78 is 56.3. The molecule has 4 rings (SSSR count). The molecule has 2 aromatic rings. The molecular weight excluding hydrogens is 432 g/mol.